The number of ether oxygens (including phenoxy) is 1. The molecule has 1 fully saturated rings. The number of benzene rings is 1. The third kappa shape index (κ3) is 3.50. The maximum Gasteiger partial charge on any atom is 0.276 e. The van der Waals surface area contributed by atoms with Crippen LogP contribution in [-0.2, 0) is 11.3 Å². The molecule has 8 heteroatoms. The van der Waals surface area contributed by atoms with Crippen molar-refractivity contribution in [2.75, 3.05) is 12.0 Å². The summed E-state index contributed by atoms with van der Waals surface area (Å²) in [5.41, 5.74) is 1.28. The Kier molecular flexibility index (Phi) is 5.40. The van der Waals surface area contributed by atoms with E-state index in [1.165, 1.54) is 13.5 Å². The van der Waals surface area contributed by atoms with E-state index >= 15 is 0 Å². The summed E-state index contributed by atoms with van der Waals surface area (Å²) in [7, 11) is 1.54. The standard InChI is InChI=1S/C25H28ClN3O4/c1-15-6-4-5-7-18(15)27-24(31)25(2)14-28-19-10-11-33-22(19)13-20(28)23(30)29(25)16-8-9-21(32-3)17(26)12-16/h8-13,15,18H,4-7,14H2,1-3H3,(H,27,31). The van der Waals surface area contributed by atoms with Crippen molar-refractivity contribution in [1.82, 2.24) is 9.88 Å². The molecule has 0 spiro atoms. The summed E-state index contributed by atoms with van der Waals surface area (Å²) >= 11 is 6.41. The summed E-state index contributed by atoms with van der Waals surface area (Å²) in [5.74, 6) is 0.464. The number of methoxy groups -OCH3 is 1. The molecule has 3 unspecified atom stereocenters. The second kappa shape index (κ2) is 8.13. The molecule has 0 bridgehead atoms. The Morgan fingerprint density at radius 2 is 2.03 bits per heavy atom. The van der Waals surface area contributed by atoms with Gasteiger partial charge in [0, 0.05) is 23.9 Å². The van der Waals surface area contributed by atoms with Gasteiger partial charge in [-0.2, -0.15) is 0 Å². The summed E-state index contributed by atoms with van der Waals surface area (Å²) in [4.78, 5) is 29.3. The molecule has 1 aromatic carbocycles. The van der Waals surface area contributed by atoms with Crippen molar-refractivity contribution >= 4 is 40.2 Å². The lowest BCUT2D eigenvalue weighted by atomic mass is 9.84. The first-order valence-electron chi connectivity index (χ1n) is 11.4. The Hall–Kier alpha value is -2.93. The van der Waals surface area contributed by atoms with Gasteiger partial charge in [0.1, 0.15) is 17.0 Å². The first-order chi connectivity index (χ1) is 15.8. The van der Waals surface area contributed by atoms with Crippen LogP contribution in [0.4, 0.5) is 5.69 Å². The van der Waals surface area contributed by atoms with Crippen molar-refractivity contribution < 1.29 is 18.7 Å². The number of furan rings is 1. The molecule has 1 saturated carbocycles. The third-order valence-corrected chi connectivity index (χ3v) is 7.51. The van der Waals surface area contributed by atoms with Crippen molar-refractivity contribution in [2.45, 2.75) is 57.7 Å². The van der Waals surface area contributed by atoms with Gasteiger partial charge in [-0.1, -0.05) is 31.4 Å². The van der Waals surface area contributed by atoms with Crippen LogP contribution in [0.5, 0.6) is 5.75 Å². The summed E-state index contributed by atoms with van der Waals surface area (Å²) in [6, 6.07) is 8.81. The van der Waals surface area contributed by atoms with E-state index in [4.69, 9.17) is 20.8 Å². The maximum atomic E-state index is 13.9. The molecule has 7 nitrogen and oxygen atoms in total. The quantitative estimate of drug-likeness (QED) is 0.582. The van der Waals surface area contributed by atoms with E-state index in [2.05, 4.69) is 12.2 Å². The number of hydrogen-bond acceptors (Lipinski definition) is 4. The van der Waals surface area contributed by atoms with Gasteiger partial charge in [-0.3, -0.25) is 14.5 Å². The van der Waals surface area contributed by atoms with Crippen molar-refractivity contribution in [1.29, 1.82) is 0 Å². The molecule has 174 valence electrons. The molecule has 33 heavy (non-hydrogen) atoms. The fourth-order valence-electron chi connectivity index (χ4n) is 5.27. The van der Waals surface area contributed by atoms with Crippen LogP contribution in [0.25, 0.3) is 11.1 Å². The molecule has 3 heterocycles. The molecular formula is C25H28ClN3O4. The first kappa shape index (κ1) is 21.9. The van der Waals surface area contributed by atoms with E-state index in [1.54, 1.807) is 35.4 Å². The van der Waals surface area contributed by atoms with Crippen molar-refractivity contribution in [3.05, 3.63) is 47.3 Å². The minimum absolute atomic E-state index is 0.0967. The van der Waals surface area contributed by atoms with Crippen LogP contribution in [0.3, 0.4) is 0 Å². The topological polar surface area (TPSA) is 76.7 Å². The van der Waals surface area contributed by atoms with Crippen LogP contribution in [0.15, 0.2) is 41.0 Å². The van der Waals surface area contributed by atoms with Crippen LogP contribution in [-0.4, -0.2) is 35.1 Å². The number of nitrogens with zero attached hydrogens (tertiary/aromatic N) is 2. The Balaban J connectivity index is 1.60. The molecule has 0 radical (unpaired) electrons. The monoisotopic (exact) mass is 469 g/mol. The Bertz CT molecular complexity index is 1230. The average molecular weight is 470 g/mol. The van der Waals surface area contributed by atoms with Gasteiger partial charge in [-0.15, -0.1) is 0 Å². The fourth-order valence-corrected chi connectivity index (χ4v) is 5.52. The molecule has 3 aromatic rings. The largest absolute Gasteiger partial charge is 0.495 e. The molecular weight excluding hydrogens is 442 g/mol. The van der Waals surface area contributed by atoms with Crippen LogP contribution in [0.2, 0.25) is 5.02 Å². The molecule has 0 saturated heterocycles. The van der Waals surface area contributed by atoms with E-state index in [9.17, 15) is 9.59 Å². The highest BCUT2D eigenvalue weighted by Gasteiger charge is 2.49. The lowest BCUT2D eigenvalue weighted by Crippen LogP contribution is -2.65. The Morgan fingerprint density at radius 3 is 2.76 bits per heavy atom. The Morgan fingerprint density at radius 1 is 1.24 bits per heavy atom. The predicted molar refractivity (Wildman–Crippen MR) is 127 cm³/mol. The van der Waals surface area contributed by atoms with Gasteiger partial charge in [0.15, 0.2) is 5.58 Å². The second-order valence-electron chi connectivity index (χ2n) is 9.36. The van der Waals surface area contributed by atoms with E-state index in [-0.39, 0.29) is 17.9 Å². The van der Waals surface area contributed by atoms with Gasteiger partial charge in [-0.05, 0) is 43.9 Å². The van der Waals surface area contributed by atoms with Crippen LogP contribution < -0.4 is 15.0 Å². The SMILES string of the molecule is COc1ccc(N2C(=O)c3cc4occc4n3CC2(C)C(=O)NC2CCCCC2C)cc1Cl. The molecule has 1 aliphatic heterocycles. The van der Waals surface area contributed by atoms with Gasteiger partial charge >= 0.3 is 0 Å². The summed E-state index contributed by atoms with van der Waals surface area (Å²) in [6.45, 7) is 4.30. The number of nitrogens with one attached hydrogen (secondary N) is 1. The molecule has 1 N–H and O–H groups in total. The van der Waals surface area contributed by atoms with Gasteiger partial charge in [0.05, 0.1) is 30.5 Å². The third-order valence-electron chi connectivity index (χ3n) is 7.22. The van der Waals surface area contributed by atoms with Crippen molar-refractivity contribution in [3.8, 4) is 5.75 Å². The highest BCUT2D eigenvalue weighted by atomic mass is 35.5. The summed E-state index contributed by atoms with van der Waals surface area (Å²) < 4.78 is 12.7. The Labute approximate surface area is 197 Å². The van der Waals surface area contributed by atoms with Crippen molar-refractivity contribution in [3.63, 3.8) is 0 Å². The summed E-state index contributed by atoms with van der Waals surface area (Å²) in [5, 5.41) is 3.65. The van der Waals surface area contributed by atoms with Gasteiger partial charge in [-0.25, -0.2) is 0 Å². The number of amides is 2. The number of aromatic nitrogens is 1. The number of anilines is 1. The lowest BCUT2D eigenvalue weighted by Gasteiger charge is -2.45. The molecule has 2 amide bonds. The number of carbonyl (C=O) groups is 2. The van der Waals surface area contributed by atoms with E-state index in [1.807, 2.05) is 17.6 Å². The highest BCUT2D eigenvalue weighted by molar-refractivity contribution is 6.32. The van der Waals surface area contributed by atoms with Gasteiger partial charge in [0.25, 0.3) is 5.91 Å². The number of rotatable bonds is 4. The number of halogens is 1. The smallest absolute Gasteiger partial charge is 0.276 e. The maximum absolute atomic E-state index is 13.9. The van der Waals surface area contributed by atoms with E-state index in [0.29, 0.717) is 40.2 Å². The van der Waals surface area contributed by atoms with Crippen LogP contribution in [0.1, 0.15) is 50.0 Å². The molecule has 2 aromatic heterocycles. The second-order valence-corrected chi connectivity index (χ2v) is 9.77. The zero-order chi connectivity index (χ0) is 23.3. The average Bonchev–Trinajstić information content (AvgIpc) is 3.38. The minimum atomic E-state index is -1.16. The van der Waals surface area contributed by atoms with Crippen LogP contribution >= 0.6 is 11.6 Å². The first-order valence-corrected chi connectivity index (χ1v) is 11.8. The number of hydrogen-bond donors (Lipinski definition) is 1. The predicted octanol–water partition coefficient (Wildman–Crippen LogP) is 5.01. The molecule has 5 rings (SSSR count). The summed E-state index contributed by atoms with van der Waals surface area (Å²) in [6.07, 6.45) is 5.92. The minimum Gasteiger partial charge on any atom is -0.495 e. The molecule has 1 aliphatic carbocycles. The number of carbonyl (C=O) groups excluding carboxylic acids is 2. The molecule has 3 atom stereocenters. The molecule has 2 aliphatic rings. The van der Waals surface area contributed by atoms with Crippen LogP contribution in [0, 0.1) is 5.92 Å². The van der Waals surface area contributed by atoms with E-state index < -0.39 is 5.54 Å². The van der Waals surface area contributed by atoms with E-state index in [0.717, 1.165) is 24.8 Å². The zero-order valence-electron chi connectivity index (χ0n) is 19.1. The van der Waals surface area contributed by atoms with Gasteiger partial charge < -0.3 is 19.0 Å². The fraction of sp³-hybridized carbons (Fsp3) is 0.440. The lowest BCUT2D eigenvalue weighted by molar-refractivity contribution is -0.127. The van der Waals surface area contributed by atoms with Crippen molar-refractivity contribution in [2.24, 2.45) is 5.92 Å². The van der Waals surface area contributed by atoms with Gasteiger partial charge in [0.2, 0.25) is 5.91 Å². The number of fused-ring (bicyclic) bond motifs is 3. The zero-order valence-corrected chi connectivity index (χ0v) is 19.8. The highest BCUT2D eigenvalue weighted by Crippen LogP contribution is 2.39. The normalized spacial score (nSPS) is 25.2.